The molecule has 0 bridgehead atoms. The maximum atomic E-state index is 12.4. The molecular formula is C13H14BrClN2O2S2. The van der Waals surface area contributed by atoms with Gasteiger partial charge in [-0.15, -0.1) is 11.3 Å². The van der Waals surface area contributed by atoms with Gasteiger partial charge in [-0.05, 0) is 47.6 Å². The van der Waals surface area contributed by atoms with E-state index in [0.29, 0.717) is 14.5 Å². The summed E-state index contributed by atoms with van der Waals surface area (Å²) in [7, 11) is -1.83. The molecule has 1 aromatic carbocycles. The molecule has 21 heavy (non-hydrogen) atoms. The number of benzene rings is 1. The van der Waals surface area contributed by atoms with Crippen LogP contribution in [0.3, 0.4) is 0 Å². The lowest BCUT2D eigenvalue weighted by molar-refractivity contribution is 0.602. The van der Waals surface area contributed by atoms with Gasteiger partial charge in [0.1, 0.15) is 4.21 Å². The Labute approximate surface area is 141 Å². The minimum absolute atomic E-state index is 0.0301. The number of hydrogen-bond acceptors (Lipinski definition) is 4. The first-order valence-corrected chi connectivity index (χ1v) is 9.56. The van der Waals surface area contributed by atoms with Crippen LogP contribution in [0.1, 0.15) is 18.5 Å². The van der Waals surface area contributed by atoms with E-state index in [-0.39, 0.29) is 10.3 Å². The number of hydrogen-bond donors (Lipinski definition) is 2. The van der Waals surface area contributed by atoms with Crippen LogP contribution in [0.25, 0.3) is 0 Å². The van der Waals surface area contributed by atoms with Crippen LogP contribution in [0, 0.1) is 0 Å². The lowest BCUT2D eigenvalue weighted by atomic mass is 10.1. The van der Waals surface area contributed by atoms with Crippen molar-refractivity contribution < 1.29 is 8.42 Å². The summed E-state index contributed by atoms with van der Waals surface area (Å²) in [5.41, 5.74) is 1.44. The summed E-state index contributed by atoms with van der Waals surface area (Å²) in [6.45, 7) is 1.96. The average molecular weight is 410 g/mol. The monoisotopic (exact) mass is 408 g/mol. The lowest BCUT2D eigenvalue weighted by Gasteiger charge is -2.16. The van der Waals surface area contributed by atoms with Crippen LogP contribution in [0.15, 0.2) is 38.3 Å². The van der Waals surface area contributed by atoms with Crippen molar-refractivity contribution in [3.8, 4) is 0 Å². The molecule has 2 N–H and O–H groups in total. The Hall–Kier alpha value is -0.600. The maximum Gasteiger partial charge on any atom is 0.271 e. The minimum atomic E-state index is -3.65. The first-order chi connectivity index (χ1) is 9.85. The molecule has 0 radical (unpaired) electrons. The van der Waals surface area contributed by atoms with E-state index in [4.69, 9.17) is 11.6 Å². The van der Waals surface area contributed by atoms with Gasteiger partial charge in [-0.2, -0.15) is 0 Å². The lowest BCUT2D eigenvalue weighted by Crippen LogP contribution is -2.17. The van der Waals surface area contributed by atoms with Crippen LogP contribution in [0.5, 0.6) is 0 Å². The van der Waals surface area contributed by atoms with E-state index in [1.165, 1.54) is 6.07 Å². The van der Waals surface area contributed by atoms with Gasteiger partial charge in [-0.1, -0.05) is 29.8 Å². The predicted molar refractivity (Wildman–Crippen MR) is 91.8 cm³/mol. The molecule has 0 aliphatic rings. The van der Waals surface area contributed by atoms with Crippen molar-refractivity contribution in [1.82, 2.24) is 5.32 Å². The Morgan fingerprint density at radius 1 is 1.33 bits per heavy atom. The fourth-order valence-electron chi connectivity index (χ4n) is 1.78. The Bertz CT molecular complexity index is 727. The Morgan fingerprint density at radius 2 is 2.00 bits per heavy atom. The fourth-order valence-corrected chi connectivity index (χ4v) is 5.26. The molecule has 0 saturated heterocycles. The fraction of sp³-hybridized carbons (Fsp3) is 0.231. The third kappa shape index (κ3) is 3.78. The van der Waals surface area contributed by atoms with E-state index in [0.717, 1.165) is 16.9 Å². The summed E-state index contributed by atoms with van der Waals surface area (Å²) in [5.74, 6) is 0. The standard InChI is InChI=1S/C13H14BrClN2O2S2/c1-8(16-2)9-5-3-4-6-11(9)17-21(18,19)12-7-10(15)13(14)20-12/h3-8,16-17H,1-2H3. The van der Waals surface area contributed by atoms with Crippen LogP contribution in [0.2, 0.25) is 5.02 Å². The van der Waals surface area contributed by atoms with Crippen LogP contribution in [-0.4, -0.2) is 15.5 Å². The molecule has 0 aliphatic heterocycles. The quantitative estimate of drug-likeness (QED) is 0.776. The number of sulfonamides is 1. The Morgan fingerprint density at radius 3 is 2.57 bits per heavy atom. The molecule has 2 rings (SSSR count). The molecule has 8 heteroatoms. The highest BCUT2D eigenvalue weighted by Gasteiger charge is 2.21. The van der Waals surface area contributed by atoms with Crippen molar-refractivity contribution in [2.45, 2.75) is 17.2 Å². The first kappa shape index (κ1) is 16.8. The van der Waals surface area contributed by atoms with Gasteiger partial charge in [0.15, 0.2) is 0 Å². The zero-order valence-corrected chi connectivity index (χ0v) is 15.3. The molecule has 0 spiro atoms. The van der Waals surface area contributed by atoms with Gasteiger partial charge in [-0.3, -0.25) is 4.72 Å². The normalized spacial score (nSPS) is 13.1. The van der Waals surface area contributed by atoms with E-state index in [9.17, 15) is 8.42 Å². The average Bonchev–Trinajstić information content (AvgIpc) is 2.79. The largest absolute Gasteiger partial charge is 0.313 e. The third-order valence-corrected chi connectivity index (χ3v) is 7.31. The zero-order chi connectivity index (χ0) is 15.6. The van der Waals surface area contributed by atoms with Gasteiger partial charge in [-0.25, -0.2) is 8.42 Å². The third-order valence-electron chi connectivity index (χ3n) is 2.99. The summed E-state index contributed by atoms with van der Waals surface area (Å²) in [4.78, 5) is 0. The van der Waals surface area contributed by atoms with Crippen molar-refractivity contribution >= 4 is 54.6 Å². The highest BCUT2D eigenvalue weighted by atomic mass is 79.9. The Kier molecular flexibility index (Phi) is 5.32. The molecule has 0 fully saturated rings. The van der Waals surface area contributed by atoms with Crippen molar-refractivity contribution in [3.63, 3.8) is 0 Å². The maximum absolute atomic E-state index is 12.4. The van der Waals surface area contributed by atoms with Gasteiger partial charge in [0.2, 0.25) is 0 Å². The van der Waals surface area contributed by atoms with Crippen molar-refractivity contribution in [2.24, 2.45) is 0 Å². The van der Waals surface area contributed by atoms with Crippen LogP contribution in [-0.2, 0) is 10.0 Å². The van der Waals surface area contributed by atoms with Gasteiger partial charge in [0.05, 0.1) is 14.5 Å². The topological polar surface area (TPSA) is 58.2 Å². The van der Waals surface area contributed by atoms with Crippen LogP contribution in [0.4, 0.5) is 5.69 Å². The van der Waals surface area contributed by atoms with Gasteiger partial charge < -0.3 is 5.32 Å². The molecule has 1 heterocycles. The zero-order valence-electron chi connectivity index (χ0n) is 11.4. The summed E-state index contributed by atoms with van der Waals surface area (Å²) >= 11 is 10.2. The summed E-state index contributed by atoms with van der Waals surface area (Å²) < 4.78 is 28.3. The van der Waals surface area contributed by atoms with Crippen molar-refractivity contribution in [1.29, 1.82) is 0 Å². The molecule has 1 unspecified atom stereocenters. The summed E-state index contributed by atoms with van der Waals surface area (Å²) in [6.07, 6.45) is 0. The number of rotatable bonds is 5. The SMILES string of the molecule is CNC(C)c1ccccc1NS(=O)(=O)c1cc(Cl)c(Br)s1. The molecule has 0 saturated carbocycles. The smallest absolute Gasteiger partial charge is 0.271 e. The molecule has 1 aromatic heterocycles. The van der Waals surface area contributed by atoms with Crippen LogP contribution < -0.4 is 10.0 Å². The summed E-state index contributed by atoms with van der Waals surface area (Å²) in [5, 5.41) is 3.49. The first-order valence-electron chi connectivity index (χ1n) is 6.09. The number of para-hydroxylation sites is 1. The van der Waals surface area contributed by atoms with Crippen molar-refractivity contribution in [3.05, 3.63) is 44.7 Å². The van der Waals surface area contributed by atoms with Gasteiger partial charge in [0.25, 0.3) is 10.0 Å². The molecule has 4 nitrogen and oxygen atoms in total. The second kappa shape index (κ2) is 6.66. The van der Waals surface area contributed by atoms with Crippen LogP contribution >= 0.6 is 38.9 Å². The second-order valence-corrected chi connectivity index (χ2v) is 9.08. The highest BCUT2D eigenvalue weighted by Crippen LogP contribution is 2.35. The number of halogens is 2. The number of anilines is 1. The molecule has 0 amide bonds. The minimum Gasteiger partial charge on any atom is -0.313 e. The summed E-state index contributed by atoms with van der Waals surface area (Å²) in [6, 6.07) is 8.76. The van der Waals surface area contributed by atoms with E-state index < -0.39 is 10.0 Å². The van der Waals surface area contributed by atoms with E-state index in [1.54, 1.807) is 12.1 Å². The van der Waals surface area contributed by atoms with E-state index in [1.807, 2.05) is 26.1 Å². The van der Waals surface area contributed by atoms with Gasteiger partial charge >= 0.3 is 0 Å². The second-order valence-electron chi connectivity index (χ2n) is 4.39. The molecule has 114 valence electrons. The van der Waals surface area contributed by atoms with E-state index >= 15 is 0 Å². The number of nitrogens with one attached hydrogen (secondary N) is 2. The predicted octanol–water partition coefficient (Wildman–Crippen LogP) is 4.25. The Balaban J connectivity index is 2.37. The van der Waals surface area contributed by atoms with Crippen molar-refractivity contribution in [2.75, 3.05) is 11.8 Å². The number of thiophene rings is 1. The molecule has 0 aliphatic carbocycles. The molecular weight excluding hydrogens is 396 g/mol. The van der Waals surface area contributed by atoms with Gasteiger partial charge in [0, 0.05) is 6.04 Å². The van der Waals surface area contributed by atoms with E-state index in [2.05, 4.69) is 26.0 Å². The molecule has 1 atom stereocenters. The highest BCUT2D eigenvalue weighted by molar-refractivity contribution is 9.11. The molecule has 2 aromatic rings.